The zero-order valence-corrected chi connectivity index (χ0v) is 13.3. The molecule has 0 N–H and O–H groups in total. The van der Waals surface area contributed by atoms with Crippen molar-refractivity contribution in [3.05, 3.63) is 35.6 Å². The van der Waals surface area contributed by atoms with Crippen LogP contribution in [0.2, 0.25) is 0 Å². The Labute approximate surface area is 128 Å². The van der Waals surface area contributed by atoms with Crippen molar-refractivity contribution in [3.8, 4) is 0 Å². The first-order chi connectivity index (χ1) is 9.93. The van der Waals surface area contributed by atoms with Gasteiger partial charge < -0.3 is 9.64 Å². The molecule has 1 aromatic rings. The van der Waals surface area contributed by atoms with E-state index in [1.165, 1.54) is 35.9 Å². The molecule has 0 bridgehead atoms. The Morgan fingerprint density at radius 2 is 1.95 bits per heavy atom. The van der Waals surface area contributed by atoms with E-state index in [0.717, 1.165) is 5.56 Å². The average Bonchev–Trinajstić information content (AvgIpc) is 2.48. The molecule has 0 fully saturated rings. The first-order valence-corrected chi connectivity index (χ1v) is 7.73. The lowest BCUT2D eigenvalue weighted by Gasteiger charge is -2.20. The predicted molar refractivity (Wildman–Crippen MR) is 81.4 cm³/mol. The van der Waals surface area contributed by atoms with Crippen molar-refractivity contribution in [2.24, 2.45) is 5.92 Å². The van der Waals surface area contributed by atoms with Gasteiger partial charge in [0.1, 0.15) is 5.82 Å². The Hall–Kier alpha value is -1.56. The monoisotopic (exact) mass is 313 g/mol. The van der Waals surface area contributed by atoms with E-state index >= 15 is 0 Å². The number of halogens is 1. The van der Waals surface area contributed by atoms with Crippen molar-refractivity contribution in [2.75, 3.05) is 26.5 Å². The minimum atomic E-state index is -0.342. The lowest BCUT2D eigenvalue weighted by Crippen LogP contribution is -2.35. The summed E-state index contributed by atoms with van der Waals surface area (Å²) in [6.07, 6.45) is 0. The van der Waals surface area contributed by atoms with Crippen LogP contribution in [0.1, 0.15) is 12.5 Å². The van der Waals surface area contributed by atoms with Crippen LogP contribution < -0.4 is 0 Å². The van der Waals surface area contributed by atoms with Crippen LogP contribution in [0.4, 0.5) is 4.39 Å². The predicted octanol–water partition coefficient (Wildman–Crippen LogP) is 2.33. The van der Waals surface area contributed by atoms with Crippen molar-refractivity contribution < 1.29 is 18.7 Å². The molecule has 21 heavy (non-hydrogen) atoms. The third-order valence-electron chi connectivity index (χ3n) is 2.98. The van der Waals surface area contributed by atoms with Gasteiger partial charge in [0.25, 0.3) is 0 Å². The minimum absolute atomic E-state index is 0.0436. The Kier molecular flexibility index (Phi) is 7.22. The highest BCUT2D eigenvalue weighted by Gasteiger charge is 2.18. The van der Waals surface area contributed by atoms with Gasteiger partial charge in [0.2, 0.25) is 5.91 Å². The molecule has 6 heteroatoms. The maximum absolute atomic E-state index is 12.8. The number of carbonyl (C=O) groups excluding carboxylic acids is 2. The van der Waals surface area contributed by atoms with Crippen LogP contribution in [-0.4, -0.2) is 43.2 Å². The van der Waals surface area contributed by atoms with E-state index in [9.17, 15) is 14.0 Å². The molecule has 1 unspecified atom stereocenters. The van der Waals surface area contributed by atoms with Crippen LogP contribution in [0.25, 0.3) is 0 Å². The SMILES string of the molecule is COC(=O)C(C)CN(C)C(=O)CSCc1ccc(F)cc1. The Bertz CT molecular complexity index is 478. The minimum Gasteiger partial charge on any atom is -0.469 e. The summed E-state index contributed by atoms with van der Waals surface area (Å²) < 4.78 is 17.4. The van der Waals surface area contributed by atoms with Crippen LogP contribution >= 0.6 is 11.8 Å². The average molecular weight is 313 g/mol. The van der Waals surface area contributed by atoms with E-state index in [0.29, 0.717) is 18.1 Å². The molecule has 0 spiro atoms. The number of thioether (sulfide) groups is 1. The number of hydrogen-bond acceptors (Lipinski definition) is 4. The van der Waals surface area contributed by atoms with E-state index in [1.54, 1.807) is 26.1 Å². The third kappa shape index (κ3) is 6.16. The molecule has 1 amide bonds. The van der Waals surface area contributed by atoms with Crippen LogP contribution in [0.5, 0.6) is 0 Å². The first-order valence-electron chi connectivity index (χ1n) is 6.58. The Morgan fingerprint density at radius 1 is 1.33 bits per heavy atom. The summed E-state index contributed by atoms with van der Waals surface area (Å²) in [7, 11) is 3.00. The summed E-state index contributed by atoms with van der Waals surface area (Å²) in [6.45, 7) is 2.06. The van der Waals surface area contributed by atoms with Gasteiger partial charge in [-0.3, -0.25) is 9.59 Å². The molecule has 0 saturated heterocycles. The molecule has 116 valence electrons. The molecule has 1 aromatic carbocycles. The quantitative estimate of drug-likeness (QED) is 0.725. The highest BCUT2D eigenvalue weighted by molar-refractivity contribution is 7.99. The number of rotatable bonds is 7. The fourth-order valence-electron chi connectivity index (χ4n) is 1.74. The standard InChI is InChI=1S/C15H20FNO3S/c1-11(15(19)20-3)8-17(2)14(18)10-21-9-12-4-6-13(16)7-5-12/h4-7,11H,8-10H2,1-3H3. The van der Waals surface area contributed by atoms with Gasteiger partial charge in [-0.1, -0.05) is 19.1 Å². The lowest BCUT2D eigenvalue weighted by atomic mass is 10.2. The summed E-state index contributed by atoms with van der Waals surface area (Å²) in [5, 5.41) is 0. The van der Waals surface area contributed by atoms with Crippen LogP contribution in [-0.2, 0) is 20.1 Å². The molecule has 0 aromatic heterocycles. The number of benzene rings is 1. The van der Waals surface area contributed by atoms with E-state index in [4.69, 9.17) is 0 Å². The molecule has 4 nitrogen and oxygen atoms in total. The number of carbonyl (C=O) groups is 2. The van der Waals surface area contributed by atoms with Gasteiger partial charge in [-0.15, -0.1) is 11.8 Å². The fraction of sp³-hybridized carbons (Fsp3) is 0.467. The van der Waals surface area contributed by atoms with Crippen LogP contribution in [0.3, 0.4) is 0 Å². The van der Waals surface area contributed by atoms with Gasteiger partial charge in [0.05, 0.1) is 18.8 Å². The van der Waals surface area contributed by atoms with E-state index in [-0.39, 0.29) is 23.6 Å². The molecule has 0 saturated carbocycles. The zero-order valence-electron chi connectivity index (χ0n) is 12.5. The number of methoxy groups -OCH3 is 1. The molecule has 1 atom stereocenters. The van der Waals surface area contributed by atoms with Gasteiger partial charge in [-0.2, -0.15) is 0 Å². The molecule has 0 aliphatic carbocycles. The van der Waals surface area contributed by atoms with Crippen LogP contribution in [0, 0.1) is 11.7 Å². The molecular formula is C15H20FNO3S. The van der Waals surface area contributed by atoms with E-state index in [2.05, 4.69) is 4.74 Å². The number of nitrogens with zero attached hydrogens (tertiary/aromatic N) is 1. The van der Waals surface area contributed by atoms with E-state index in [1.807, 2.05) is 0 Å². The maximum atomic E-state index is 12.8. The smallest absolute Gasteiger partial charge is 0.310 e. The molecule has 0 radical (unpaired) electrons. The Balaban J connectivity index is 2.32. The molecule has 0 heterocycles. The normalized spacial score (nSPS) is 11.8. The third-order valence-corrected chi connectivity index (χ3v) is 3.97. The Morgan fingerprint density at radius 3 is 2.52 bits per heavy atom. The van der Waals surface area contributed by atoms with Crippen molar-refractivity contribution in [1.82, 2.24) is 4.90 Å². The van der Waals surface area contributed by atoms with Crippen molar-refractivity contribution in [2.45, 2.75) is 12.7 Å². The van der Waals surface area contributed by atoms with Gasteiger partial charge in [0.15, 0.2) is 0 Å². The largest absolute Gasteiger partial charge is 0.469 e. The topological polar surface area (TPSA) is 46.6 Å². The zero-order chi connectivity index (χ0) is 15.8. The van der Waals surface area contributed by atoms with Gasteiger partial charge in [-0.05, 0) is 17.7 Å². The number of esters is 1. The van der Waals surface area contributed by atoms with Crippen LogP contribution in [0.15, 0.2) is 24.3 Å². The summed E-state index contributed by atoms with van der Waals surface area (Å²) in [5.74, 6) is -0.0114. The highest BCUT2D eigenvalue weighted by Crippen LogP contribution is 2.13. The number of ether oxygens (including phenoxy) is 1. The maximum Gasteiger partial charge on any atom is 0.310 e. The van der Waals surface area contributed by atoms with Gasteiger partial charge >= 0.3 is 5.97 Å². The summed E-state index contributed by atoms with van der Waals surface area (Å²) in [6, 6.07) is 6.22. The number of hydrogen-bond donors (Lipinski definition) is 0. The highest BCUT2D eigenvalue weighted by atomic mass is 32.2. The summed E-state index contributed by atoms with van der Waals surface area (Å²) in [4.78, 5) is 24.8. The first kappa shape index (κ1) is 17.5. The molecule has 0 aliphatic heterocycles. The fourth-order valence-corrected chi connectivity index (χ4v) is 2.66. The summed E-state index contributed by atoms with van der Waals surface area (Å²) >= 11 is 1.46. The van der Waals surface area contributed by atoms with Gasteiger partial charge in [-0.25, -0.2) is 4.39 Å². The van der Waals surface area contributed by atoms with E-state index < -0.39 is 0 Å². The van der Waals surface area contributed by atoms with Crippen molar-refractivity contribution in [3.63, 3.8) is 0 Å². The second-order valence-corrected chi connectivity index (χ2v) is 5.80. The molecular weight excluding hydrogens is 293 g/mol. The lowest BCUT2D eigenvalue weighted by molar-refractivity contribution is -0.145. The van der Waals surface area contributed by atoms with Crippen molar-refractivity contribution in [1.29, 1.82) is 0 Å². The second-order valence-electron chi connectivity index (χ2n) is 4.82. The second kappa shape index (κ2) is 8.67. The van der Waals surface area contributed by atoms with Gasteiger partial charge in [0, 0.05) is 19.3 Å². The molecule has 0 aliphatic rings. The number of amides is 1. The van der Waals surface area contributed by atoms with Crippen molar-refractivity contribution >= 4 is 23.6 Å². The molecule has 1 rings (SSSR count). The summed E-state index contributed by atoms with van der Waals surface area (Å²) in [5.41, 5.74) is 0.972.